The predicted octanol–water partition coefficient (Wildman–Crippen LogP) is 4.29. The van der Waals surface area contributed by atoms with Crippen LogP contribution >= 0.6 is 0 Å². The van der Waals surface area contributed by atoms with Crippen LogP contribution in [0, 0.1) is 0 Å². The van der Waals surface area contributed by atoms with Crippen molar-refractivity contribution in [2.24, 2.45) is 0 Å². The van der Waals surface area contributed by atoms with Crippen molar-refractivity contribution in [1.29, 1.82) is 0 Å². The molecule has 3 aromatic rings. The largest absolute Gasteiger partial charge is 0.494 e. The second kappa shape index (κ2) is 9.22. The molecular weight excluding hydrogens is 350 g/mol. The molecule has 0 saturated carbocycles. The van der Waals surface area contributed by atoms with Gasteiger partial charge in [0.05, 0.1) is 36.9 Å². The summed E-state index contributed by atoms with van der Waals surface area (Å²) < 4.78 is 13.8. The molecule has 28 heavy (non-hydrogen) atoms. The van der Waals surface area contributed by atoms with Crippen LogP contribution < -0.4 is 4.74 Å². The zero-order valence-corrected chi connectivity index (χ0v) is 16.6. The summed E-state index contributed by atoms with van der Waals surface area (Å²) in [6, 6.07) is 18.8. The third-order valence-corrected chi connectivity index (χ3v) is 5.44. The molecule has 1 aromatic heterocycles. The minimum atomic E-state index is 0.289. The Balaban J connectivity index is 1.42. The molecule has 0 bridgehead atoms. The molecule has 148 valence electrons. The van der Waals surface area contributed by atoms with Gasteiger partial charge in [0.25, 0.3) is 0 Å². The fourth-order valence-electron chi connectivity index (χ4n) is 3.85. The van der Waals surface area contributed by atoms with Crippen LogP contribution in [0.1, 0.15) is 31.6 Å². The highest BCUT2D eigenvalue weighted by Crippen LogP contribution is 2.26. The van der Waals surface area contributed by atoms with Crippen molar-refractivity contribution in [2.45, 2.75) is 32.4 Å². The van der Waals surface area contributed by atoms with Crippen molar-refractivity contribution >= 4 is 11.0 Å². The highest BCUT2D eigenvalue weighted by molar-refractivity contribution is 5.76. The molecule has 0 spiro atoms. The van der Waals surface area contributed by atoms with Gasteiger partial charge in [-0.05, 0) is 44.0 Å². The first kappa shape index (κ1) is 19.0. The van der Waals surface area contributed by atoms with Gasteiger partial charge in [-0.15, -0.1) is 0 Å². The maximum absolute atomic E-state index is 5.84. The molecule has 4 rings (SSSR count). The normalized spacial score (nSPS) is 16.3. The van der Waals surface area contributed by atoms with Gasteiger partial charge in [0.2, 0.25) is 0 Å². The summed E-state index contributed by atoms with van der Waals surface area (Å²) >= 11 is 0. The minimum Gasteiger partial charge on any atom is -0.494 e. The van der Waals surface area contributed by atoms with Crippen LogP contribution in [0.25, 0.3) is 11.0 Å². The van der Waals surface area contributed by atoms with Crippen LogP contribution in [0.15, 0.2) is 54.6 Å². The monoisotopic (exact) mass is 379 g/mol. The second-order valence-corrected chi connectivity index (χ2v) is 7.30. The van der Waals surface area contributed by atoms with Gasteiger partial charge < -0.3 is 14.0 Å². The molecule has 0 aliphatic carbocycles. The Morgan fingerprint density at radius 1 is 1.00 bits per heavy atom. The summed E-state index contributed by atoms with van der Waals surface area (Å²) in [6.07, 6.45) is 2.09. The molecule has 1 saturated heterocycles. The zero-order valence-electron chi connectivity index (χ0n) is 16.6. The third kappa shape index (κ3) is 4.37. The lowest BCUT2D eigenvalue weighted by Crippen LogP contribution is -2.39. The summed E-state index contributed by atoms with van der Waals surface area (Å²) in [5, 5.41) is 0. The highest BCUT2D eigenvalue weighted by Gasteiger charge is 2.23. The number of imidazole rings is 1. The van der Waals surface area contributed by atoms with Gasteiger partial charge in [0, 0.05) is 19.6 Å². The van der Waals surface area contributed by atoms with Gasteiger partial charge in [-0.3, -0.25) is 4.90 Å². The van der Waals surface area contributed by atoms with Crippen LogP contribution in [-0.2, 0) is 11.3 Å². The summed E-state index contributed by atoms with van der Waals surface area (Å²) in [5.74, 6) is 2.10. The number of nitrogens with zero attached hydrogens (tertiary/aromatic N) is 3. The molecule has 1 aliphatic heterocycles. The molecule has 2 aromatic carbocycles. The molecule has 1 aliphatic rings. The lowest BCUT2D eigenvalue weighted by Gasteiger charge is -2.32. The van der Waals surface area contributed by atoms with E-state index in [4.69, 9.17) is 14.5 Å². The predicted molar refractivity (Wildman–Crippen MR) is 112 cm³/mol. The molecule has 0 amide bonds. The zero-order chi connectivity index (χ0) is 19.2. The van der Waals surface area contributed by atoms with E-state index in [-0.39, 0.29) is 6.04 Å². The van der Waals surface area contributed by atoms with E-state index >= 15 is 0 Å². The molecule has 2 heterocycles. The summed E-state index contributed by atoms with van der Waals surface area (Å²) in [6.45, 7) is 7.52. The highest BCUT2D eigenvalue weighted by atomic mass is 16.5. The summed E-state index contributed by atoms with van der Waals surface area (Å²) in [4.78, 5) is 7.46. The number of morpholine rings is 1. The fourth-order valence-corrected chi connectivity index (χ4v) is 3.85. The Labute approximate surface area is 166 Å². The second-order valence-electron chi connectivity index (χ2n) is 7.30. The topological polar surface area (TPSA) is 39.5 Å². The molecule has 0 radical (unpaired) electrons. The average molecular weight is 380 g/mol. The summed E-state index contributed by atoms with van der Waals surface area (Å²) in [7, 11) is 0. The van der Waals surface area contributed by atoms with Crippen LogP contribution in [0.4, 0.5) is 0 Å². The Bertz CT molecular complexity index is 872. The number of ether oxygens (including phenoxy) is 2. The third-order valence-electron chi connectivity index (χ3n) is 5.44. The van der Waals surface area contributed by atoms with Crippen molar-refractivity contribution in [3.63, 3.8) is 0 Å². The number of unbranched alkanes of at least 4 members (excludes halogenated alkanes) is 1. The van der Waals surface area contributed by atoms with E-state index < -0.39 is 0 Å². The van der Waals surface area contributed by atoms with Crippen molar-refractivity contribution in [2.75, 3.05) is 32.9 Å². The molecule has 1 fully saturated rings. The SMILES string of the molecule is C[C@H](c1nc2ccccc2n1CCCCOc1ccccc1)N1CCOCC1. The van der Waals surface area contributed by atoms with E-state index in [0.29, 0.717) is 0 Å². The van der Waals surface area contributed by atoms with Gasteiger partial charge >= 0.3 is 0 Å². The van der Waals surface area contributed by atoms with Crippen LogP contribution in [0.3, 0.4) is 0 Å². The van der Waals surface area contributed by atoms with Crippen molar-refractivity contribution in [3.05, 3.63) is 60.4 Å². The number of aryl methyl sites for hydroxylation is 1. The maximum atomic E-state index is 5.84. The van der Waals surface area contributed by atoms with E-state index in [1.807, 2.05) is 30.3 Å². The molecule has 1 atom stereocenters. The molecule has 5 nitrogen and oxygen atoms in total. The molecule has 0 unspecified atom stereocenters. The quantitative estimate of drug-likeness (QED) is 0.548. The van der Waals surface area contributed by atoms with Gasteiger partial charge in [0.15, 0.2) is 0 Å². The van der Waals surface area contributed by atoms with Crippen LogP contribution in [-0.4, -0.2) is 47.4 Å². The van der Waals surface area contributed by atoms with Crippen LogP contribution in [0.2, 0.25) is 0 Å². The van der Waals surface area contributed by atoms with Crippen molar-refractivity contribution in [3.8, 4) is 5.75 Å². The lowest BCUT2D eigenvalue weighted by atomic mass is 10.2. The minimum absolute atomic E-state index is 0.289. The fraction of sp³-hybridized carbons (Fsp3) is 0.435. The number of para-hydroxylation sites is 3. The first-order valence-electron chi connectivity index (χ1n) is 10.3. The Hall–Kier alpha value is -2.37. The number of rotatable bonds is 8. The number of aromatic nitrogens is 2. The number of benzene rings is 2. The van der Waals surface area contributed by atoms with Gasteiger partial charge in [0.1, 0.15) is 11.6 Å². The van der Waals surface area contributed by atoms with E-state index in [9.17, 15) is 0 Å². The van der Waals surface area contributed by atoms with E-state index in [2.05, 4.69) is 40.7 Å². The van der Waals surface area contributed by atoms with E-state index in [0.717, 1.165) is 69.4 Å². The Kier molecular flexibility index (Phi) is 6.24. The smallest absolute Gasteiger partial charge is 0.127 e. The van der Waals surface area contributed by atoms with Crippen LogP contribution in [0.5, 0.6) is 5.75 Å². The standard InChI is InChI=1S/C23H29N3O2/c1-19(25-14-17-27-18-15-25)23-24-21-11-5-6-12-22(21)26(23)13-7-8-16-28-20-9-3-2-4-10-20/h2-6,9-12,19H,7-8,13-18H2,1H3/t19-/m1/s1. The summed E-state index contributed by atoms with van der Waals surface area (Å²) in [5.41, 5.74) is 2.31. The lowest BCUT2D eigenvalue weighted by molar-refractivity contribution is 0.0176. The first-order chi connectivity index (χ1) is 13.8. The maximum Gasteiger partial charge on any atom is 0.127 e. The van der Waals surface area contributed by atoms with Gasteiger partial charge in [-0.2, -0.15) is 0 Å². The average Bonchev–Trinajstić information content (AvgIpc) is 3.13. The van der Waals surface area contributed by atoms with Gasteiger partial charge in [-0.1, -0.05) is 30.3 Å². The Morgan fingerprint density at radius 3 is 2.57 bits per heavy atom. The van der Waals surface area contributed by atoms with Crippen molar-refractivity contribution < 1.29 is 9.47 Å². The number of fused-ring (bicyclic) bond motifs is 1. The number of hydrogen-bond donors (Lipinski definition) is 0. The molecule has 5 heteroatoms. The van der Waals surface area contributed by atoms with E-state index in [1.165, 1.54) is 5.52 Å². The van der Waals surface area contributed by atoms with Crippen molar-refractivity contribution in [1.82, 2.24) is 14.5 Å². The Morgan fingerprint density at radius 2 is 1.75 bits per heavy atom. The number of hydrogen-bond acceptors (Lipinski definition) is 4. The molecular formula is C23H29N3O2. The van der Waals surface area contributed by atoms with Gasteiger partial charge in [-0.25, -0.2) is 4.98 Å². The van der Waals surface area contributed by atoms with E-state index in [1.54, 1.807) is 0 Å². The first-order valence-corrected chi connectivity index (χ1v) is 10.3. The molecule has 0 N–H and O–H groups in total.